The minimum Gasteiger partial charge on any atom is -0.0654 e. The van der Waals surface area contributed by atoms with Gasteiger partial charge in [-0.1, -0.05) is 104 Å². The first-order chi connectivity index (χ1) is 24.0. The number of unbranched alkanes of at least 4 members (excludes halogenated alkanes) is 28. The van der Waals surface area contributed by atoms with Crippen LogP contribution in [0.5, 0.6) is 0 Å². The second kappa shape index (κ2) is 33.2. The first kappa shape index (κ1) is 49.6. The van der Waals surface area contributed by atoms with Crippen molar-refractivity contribution >= 4 is 11.6 Å². The van der Waals surface area contributed by atoms with E-state index in [0.717, 1.165) is 38.5 Å². The van der Waals surface area contributed by atoms with E-state index >= 15 is 0 Å². The quantitative estimate of drug-likeness (QED) is 0.0282. The fraction of sp³-hybridized carbons (Fsp3) is 0.907. The summed E-state index contributed by atoms with van der Waals surface area (Å²) in [5.74, 6) is -0.841. The molecule has 0 aromatic rings. The van der Waals surface area contributed by atoms with Gasteiger partial charge in [-0.25, -0.2) is 0 Å². The standard InChI is InChI=1S/C40H75O3.C3H7O.2H2O.Ti/c1-5-7-9-11-13-15-17-19-21-23-25-27-29-31-33-35-38(41)40(43,37(3)4)39(42)36-34-32-30-28-26-24-22-20-18-16-14-12-10-8-6-2;1-3(2)4;;;/h3,5-36H2,1-2,4H3;3H,1-2H3;2*1H2;/q2*-1;;;+4/p-2. The molecule has 0 aromatic heterocycles. The van der Waals surface area contributed by atoms with Crippen molar-refractivity contribution in [2.75, 3.05) is 0 Å². The van der Waals surface area contributed by atoms with E-state index < -0.39 is 41.4 Å². The fourth-order valence-corrected chi connectivity index (χ4v) is 9.31. The fourth-order valence-electron chi connectivity index (χ4n) is 7.03. The predicted molar refractivity (Wildman–Crippen MR) is 208 cm³/mol. The Bertz CT molecular complexity index is 780. The van der Waals surface area contributed by atoms with Gasteiger partial charge in [-0.05, 0) is 0 Å². The van der Waals surface area contributed by atoms with Crippen LogP contribution in [0.3, 0.4) is 0 Å². The van der Waals surface area contributed by atoms with Gasteiger partial charge in [-0.2, -0.15) is 0 Å². The summed E-state index contributed by atoms with van der Waals surface area (Å²) in [6.07, 6.45) is 36.7. The Labute approximate surface area is 316 Å². The Balaban J connectivity index is 4.59. The third-order valence-electron chi connectivity index (χ3n) is 10.1. The van der Waals surface area contributed by atoms with E-state index in [4.69, 9.17) is 6.64 Å². The van der Waals surface area contributed by atoms with Gasteiger partial charge in [0.25, 0.3) is 0 Å². The molecular formula is C43H84O6Ti. The van der Waals surface area contributed by atoms with Crippen molar-refractivity contribution in [1.82, 2.24) is 0 Å². The van der Waals surface area contributed by atoms with E-state index in [9.17, 15) is 17.0 Å². The van der Waals surface area contributed by atoms with E-state index in [2.05, 4.69) is 20.4 Å². The van der Waals surface area contributed by atoms with Crippen LogP contribution in [0.4, 0.5) is 0 Å². The summed E-state index contributed by atoms with van der Waals surface area (Å²) < 4.78 is 32.5. The predicted octanol–water partition coefficient (Wildman–Crippen LogP) is 13.2. The van der Waals surface area contributed by atoms with Crippen LogP contribution < -0.4 is 0 Å². The number of carbonyl (C=O) groups is 2. The van der Waals surface area contributed by atoms with Gasteiger partial charge in [-0.15, -0.1) is 0 Å². The van der Waals surface area contributed by atoms with Gasteiger partial charge in [-0.3, -0.25) is 0 Å². The van der Waals surface area contributed by atoms with Crippen LogP contribution in [-0.2, 0) is 34.4 Å². The number of hydrogen-bond acceptors (Lipinski definition) is 6. The molecule has 0 saturated carbocycles. The second-order valence-corrected chi connectivity index (χ2v) is 17.9. The van der Waals surface area contributed by atoms with Crippen LogP contribution in [0, 0.1) is 0 Å². The van der Waals surface area contributed by atoms with Crippen LogP contribution in [0.25, 0.3) is 0 Å². The van der Waals surface area contributed by atoms with Gasteiger partial charge in [0.05, 0.1) is 0 Å². The molecule has 50 heavy (non-hydrogen) atoms. The molecule has 0 saturated heterocycles. The van der Waals surface area contributed by atoms with E-state index in [1.54, 1.807) is 20.8 Å². The number of ketones is 2. The average Bonchev–Trinajstić information content (AvgIpc) is 3.06. The smallest absolute Gasteiger partial charge is 0.0654 e. The third kappa shape index (κ3) is 26.4. The Morgan fingerprint density at radius 3 is 0.980 bits per heavy atom. The van der Waals surface area contributed by atoms with Crippen molar-refractivity contribution in [3.63, 3.8) is 0 Å². The molecule has 0 aromatic carbocycles. The van der Waals surface area contributed by atoms with Gasteiger partial charge in [0.15, 0.2) is 0 Å². The molecule has 0 heterocycles. The van der Waals surface area contributed by atoms with E-state index in [1.165, 1.54) is 141 Å². The zero-order valence-electron chi connectivity index (χ0n) is 33.9. The normalized spacial score (nSPS) is 12.2. The summed E-state index contributed by atoms with van der Waals surface area (Å²) in [6, 6.07) is 0. The van der Waals surface area contributed by atoms with Crippen molar-refractivity contribution in [2.24, 2.45) is 0 Å². The monoisotopic (exact) mass is 745 g/mol. The second-order valence-electron chi connectivity index (χ2n) is 15.5. The maximum atomic E-state index is 13.8. The topological polar surface area (TPSA) is 93.1 Å². The zero-order valence-corrected chi connectivity index (χ0v) is 35.5. The van der Waals surface area contributed by atoms with E-state index in [0.29, 0.717) is 12.8 Å². The Kier molecular flexibility index (Phi) is 33.0. The minimum atomic E-state index is -5.36. The number of carbonyl (C=O) groups excluding carboxylic acids is 2. The molecule has 0 aliphatic carbocycles. The molecule has 0 unspecified atom stereocenters. The molecule has 296 valence electrons. The average molecular weight is 745 g/mol. The molecule has 6 nitrogen and oxygen atoms in total. The summed E-state index contributed by atoms with van der Waals surface area (Å²) in [6.45, 7) is 13.4. The van der Waals surface area contributed by atoms with Gasteiger partial charge in [0.2, 0.25) is 0 Å². The Morgan fingerprint density at radius 1 is 0.520 bits per heavy atom. The number of rotatable bonds is 39. The number of Topliss-reactive ketones (excluding diaryl/α,β-unsaturated/α-hetero) is 2. The molecule has 0 amide bonds. The molecule has 0 bridgehead atoms. The molecule has 0 radical (unpaired) electrons. The van der Waals surface area contributed by atoms with Crippen LogP contribution >= 0.6 is 0 Å². The van der Waals surface area contributed by atoms with Crippen LogP contribution in [0.2, 0.25) is 0 Å². The SMILES string of the molecule is C=C(C)C([O][Ti]([OH])([OH])[O]C(C)C)(C(=O)CCCCCCCCCCCCCCCCC)C(=O)CCCCCCCCCCCCCCCCC. The summed E-state index contributed by atoms with van der Waals surface area (Å²) in [4.78, 5) is 27.5. The molecule has 0 aliphatic heterocycles. The molecule has 0 rings (SSSR count). The molecular weight excluding hydrogens is 660 g/mol. The molecule has 0 aliphatic rings. The molecule has 0 atom stereocenters. The van der Waals surface area contributed by atoms with Crippen molar-refractivity contribution < 1.29 is 41.7 Å². The molecule has 0 fully saturated rings. The van der Waals surface area contributed by atoms with Crippen LogP contribution in [0.1, 0.15) is 240 Å². The first-order valence-electron chi connectivity index (χ1n) is 21.6. The third-order valence-corrected chi connectivity index (χ3v) is 12.2. The van der Waals surface area contributed by atoms with Gasteiger partial charge in [0, 0.05) is 0 Å². The van der Waals surface area contributed by atoms with Crippen molar-refractivity contribution in [2.45, 2.75) is 252 Å². The molecule has 2 N–H and O–H groups in total. The summed E-state index contributed by atoms with van der Waals surface area (Å²) in [5, 5.41) is 0. The summed E-state index contributed by atoms with van der Waals surface area (Å²) in [7, 11) is 0. The Hall–Kier alpha value is -0.366. The maximum absolute atomic E-state index is 13.8. The summed E-state index contributed by atoms with van der Waals surface area (Å²) in [5.41, 5.74) is -1.84. The first-order valence-corrected chi connectivity index (χ1v) is 24.3. The zero-order chi connectivity index (χ0) is 37.4. The van der Waals surface area contributed by atoms with E-state index in [1.807, 2.05) is 0 Å². The van der Waals surface area contributed by atoms with Gasteiger partial charge < -0.3 is 0 Å². The van der Waals surface area contributed by atoms with Crippen LogP contribution in [-0.4, -0.2) is 30.6 Å². The molecule has 0 spiro atoms. The van der Waals surface area contributed by atoms with E-state index in [-0.39, 0.29) is 18.4 Å². The van der Waals surface area contributed by atoms with Crippen molar-refractivity contribution in [3.8, 4) is 0 Å². The number of hydrogen-bond donors (Lipinski definition) is 2. The van der Waals surface area contributed by atoms with Gasteiger partial charge in [0.1, 0.15) is 0 Å². The van der Waals surface area contributed by atoms with Crippen molar-refractivity contribution in [1.29, 1.82) is 0 Å². The van der Waals surface area contributed by atoms with Crippen LogP contribution in [0.15, 0.2) is 12.2 Å². The minimum absolute atomic E-state index is 0.149. The summed E-state index contributed by atoms with van der Waals surface area (Å²) >= 11 is -5.36. The Morgan fingerprint density at radius 2 is 0.760 bits per heavy atom. The molecule has 7 heteroatoms. The van der Waals surface area contributed by atoms with Gasteiger partial charge >= 0.3 is 214 Å². The van der Waals surface area contributed by atoms with Crippen molar-refractivity contribution in [3.05, 3.63) is 12.2 Å².